The van der Waals surface area contributed by atoms with Crippen molar-refractivity contribution in [2.75, 3.05) is 5.01 Å². The fraction of sp³-hybridized carbons (Fsp3) is 0.0667. The minimum atomic E-state index is -4.88. The van der Waals surface area contributed by atoms with Crippen molar-refractivity contribution in [1.82, 2.24) is 0 Å². The fourth-order valence-corrected chi connectivity index (χ4v) is 2.89. The van der Waals surface area contributed by atoms with Gasteiger partial charge in [0.25, 0.3) is 11.6 Å². The SMILES string of the molecule is O=C1/C(=C\c2cccs2)C(C(F)(F)F)=NN1c1ccccc1[N+](=O)[O-]. The van der Waals surface area contributed by atoms with Gasteiger partial charge in [0, 0.05) is 10.9 Å². The highest BCUT2D eigenvalue weighted by molar-refractivity contribution is 7.10. The number of carbonyl (C=O) groups is 1. The van der Waals surface area contributed by atoms with Gasteiger partial charge in [0.1, 0.15) is 5.69 Å². The van der Waals surface area contributed by atoms with E-state index in [0.717, 1.165) is 23.5 Å². The molecule has 128 valence electrons. The zero-order chi connectivity index (χ0) is 18.2. The largest absolute Gasteiger partial charge is 0.435 e. The van der Waals surface area contributed by atoms with E-state index in [9.17, 15) is 28.1 Å². The Bertz CT molecular complexity index is 904. The molecule has 0 bridgehead atoms. The molecule has 0 saturated heterocycles. The number of alkyl halides is 3. The predicted molar refractivity (Wildman–Crippen MR) is 86.4 cm³/mol. The van der Waals surface area contributed by atoms with Crippen LogP contribution in [-0.2, 0) is 4.79 Å². The number of anilines is 1. The third kappa shape index (κ3) is 3.15. The molecule has 1 aliphatic heterocycles. The molecular weight excluding hydrogens is 359 g/mol. The van der Waals surface area contributed by atoms with E-state index in [2.05, 4.69) is 5.10 Å². The van der Waals surface area contributed by atoms with Gasteiger partial charge in [0.05, 0.1) is 10.5 Å². The summed E-state index contributed by atoms with van der Waals surface area (Å²) in [6, 6.07) is 8.15. The molecule has 0 atom stereocenters. The molecule has 0 unspecified atom stereocenters. The van der Waals surface area contributed by atoms with Crippen LogP contribution in [0.25, 0.3) is 6.08 Å². The summed E-state index contributed by atoms with van der Waals surface area (Å²) in [6.07, 6.45) is -3.80. The Hall–Kier alpha value is -3.01. The monoisotopic (exact) mass is 367 g/mol. The molecule has 1 aromatic carbocycles. The number of hydrogen-bond donors (Lipinski definition) is 0. The number of nitro benzene ring substituents is 1. The zero-order valence-corrected chi connectivity index (χ0v) is 13.0. The summed E-state index contributed by atoms with van der Waals surface area (Å²) < 4.78 is 39.8. The normalized spacial score (nSPS) is 16.4. The first-order valence-electron chi connectivity index (χ1n) is 6.78. The quantitative estimate of drug-likeness (QED) is 0.467. The van der Waals surface area contributed by atoms with Gasteiger partial charge in [-0.05, 0) is 23.6 Å². The van der Waals surface area contributed by atoms with Crippen LogP contribution in [0.5, 0.6) is 0 Å². The standard InChI is InChI=1S/C15H8F3N3O3S/c16-15(17,18)13-10(8-9-4-3-7-25-9)14(22)20(19-13)11-5-1-2-6-12(11)21(23)24/h1-8H/b10-8-. The molecule has 0 N–H and O–H groups in total. The molecular formula is C15H8F3N3O3S. The van der Waals surface area contributed by atoms with Crippen LogP contribution in [0.3, 0.4) is 0 Å². The average Bonchev–Trinajstić information content (AvgIpc) is 3.16. The number of hydrazone groups is 1. The molecule has 0 saturated carbocycles. The highest BCUT2D eigenvalue weighted by Gasteiger charge is 2.47. The van der Waals surface area contributed by atoms with Gasteiger partial charge < -0.3 is 0 Å². The van der Waals surface area contributed by atoms with E-state index >= 15 is 0 Å². The van der Waals surface area contributed by atoms with Crippen LogP contribution < -0.4 is 5.01 Å². The predicted octanol–water partition coefficient (Wildman–Crippen LogP) is 4.00. The second-order valence-electron chi connectivity index (χ2n) is 4.88. The molecule has 6 nitrogen and oxygen atoms in total. The Morgan fingerprint density at radius 2 is 1.92 bits per heavy atom. The number of rotatable bonds is 3. The molecule has 1 aromatic heterocycles. The molecule has 10 heteroatoms. The summed E-state index contributed by atoms with van der Waals surface area (Å²) in [5.41, 5.74) is -2.88. The van der Waals surface area contributed by atoms with Crippen molar-refractivity contribution in [3.63, 3.8) is 0 Å². The van der Waals surface area contributed by atoms with Crippen LogP contribution in [-0.4, -0.2) is 22.7 Å². The highest BCUT2D eigenvalue weighted by Crippen LogP contribution is 2.36. The lowest BCUT2D eigenvalue weighted by Crippen LogP contribution is -2.25. The van der Waals surface area contributed by atoms with Gasteiger partial charge in [-0.15, -0.1) is 11.3 Å². The summed E-state index contributed by atoms with van der Waals surface area (Å²) in [6.45, 7) is 0. The number of carbonyl (C=O) groups excluding carboxylic acids is 1. The molecule has 1 amide bonds. The van der Waals surface area contributed by atoms with Gasteiger partial charge in [-0.25, -0.2) is 0 Å². The Labute approximate surface area is 142 Å². The maximum Gasteiger partial charge on any atom is 0.435 e. The molecule has 0 fully saturated rings. The van der Waals surface area contributed by atoms with Gasteiger partial charge in [-0.3, -0.25) is 14.9 Å². The number of halogens is 3. The molecule has 0 spiro atoms. The number of para-hydroxylation sites is 2. The molecule has 2 heterocycles. The van der Waals surface area contributed by atoms with E-state index in [4.69, 9.17) is 0 Å². The third-order valence-corrected chi connectivity index (χ3v) is 4.10. The van der Waals surface area contributed by atoms with Crippen LogP contribution in [0.15, 0.2) is 52.5 Å². The molecule has 3 rings (SSSR count). The lowest BCUT2D eigenvalue weighted by molar-refractivity contribution is -0.384. The van der Waals surface area contributed by atoms with E-state index < -0.39 is 34.0 Å². The van der Waals surface area contributed by atoms with Crippen LogP contribution in [0, 0.1) is 10.1 Å². The first-order chi connectivity index (χ1) is 11.8. The minimum Gasteiger partial charge on any atom is -0.267 e. The molecule has 1 aliphatic rings. The van der Waals surface area contributed by atoms with Crippen molar-refractivity contribution >= 4 is 40.4 Å². The first-order valence-corrected chi connectivity index (χ1v) is 7.66. The van der Waals surface area contributed by atoms with Gasteiger partial charge in [-0.2, -0.15) is 23.3 Å². The van der Waals surface area contributed by atoms with E-state index in [1.54, 1.807) is 17.5 Å². The minimum absolute atomic E-state index is 0.325. The topological polar surface area (TPSA) is 75.8 Å². The second-order valence-corrected chi connectivity index (χ2v) is 5.86. The summed E-state index contributed by atoms with van der Waals surface area (Å²) in [5, 5.41) is 16.5. The van der Waals surface area contributed by atoms with Crippen LogP contribution in [0.2, 0.25) is 0 Å². The summed E-state index contributed by atoms with van der Waals surface area (Å²) in [4.78, 5) is 23.2. The van der Waals surface area contributed by atoms with Gasteiger partial charge in [0.2, 0.25) is 0 Å². The number of nitro groups is 1. The molecule has 25 heavy (non-hydrogen) atoms. The van der Waals surface area contributed by atoms with Crippen LogP contribution in [0.1, 0.15) is 4.88 Å². The smallest absolute Gasteiger partial charge is 0.267 e. The highest BCUT2D eigenvalue weighted by atomic mass is 32.1. The summed E-state index contributed by atoms with van der Waals surface area (Å²) in [7, 11) is 0. The van der Waals surface area contributed by atoms with Crippen molar-refractivity contribution < 1.29 is 22.9 Å². The Balaban J connectivity index is 2.14. The van der Waals surface area contributed by atoms with Gasteiger partial charge in [-0.1, -0.05) is 18.2 Å². The van der Waals surface area contributed by atoms with Crippen molar-refractivity contribution in [2.24, 2.45) is 5.10 Å². The molecule has 0 radical (unpaired) electrons. The Kier molecular flexibility index (Phi) is 4.13. The lowest BCUT2D eigenvalue weighted by atomic mass is 10.1. The number of benzene rings is 1. The van der Waals surface area contributed by atoms with Crippen LogP contribution in [0.4, 0.5) is 24.5 Å². The number of thiophene rings is 1. The Morgan fingerprint density at radius 1 is 1.20 bits per heavy atom. The van der Waals surface area contributed by atoms with Gasteiger partial charge in [0.15, 0.2) is 5.71 Å². The fourth-order valence-electron chi connectivity index (χ4n) is 2.23. The van der Waals surface area contributed by atoms with E-state index in [1.165, 1.54) is 18.2 Å². The zero-order valence-electron chi connectivity index (χ0n) is 12.2. The lowest BCUT2D eigenvalue weighted by Gasteiger charge is -2.11. The van der Waals surface area contributed by atoms with Crippen molar-refractivity contribution in [3.8, 4) is 0 Å². The van der Waals surface area contributed by atoms with Crippen molar-refractivity contribution in [1.29, 1.82) is 0 Å². The maximum atomic E-state index is 13.3. The first kappa shape index (κ1) is 16.8. The number of amides is 1. The number of nitrogens with zero attached hydrogens (tertiary/aromatic N) is 3. The third-order valence-electron chi connectivity index (χ3n) is 3.28. The maximum absolute atomic E-state index is 13.3. The van der Waals surface area contributed by atoms with Crippen molar-refractivity contribution in [2.45, 2.75) is 6.18 Å². The van der Waals surface area contributed by atoms with Crippen LogP contribution >= 0.6 is 11.3 Å². The second kappa shape index (κ2) is 6.13. The van der Waals surface area contributed by atoms with Crippen molar-refractivity contribution in [3.05, 3.63) is 62.3 Å². The van der Waals surface area contributed by atoms with E-state index in [-0.39, 0.29) is 5.69 Å². The Morgan fingerprint density at radius 3 is 2.52 bits per heavy atom. The summed E-state index contributed by atoms with van der Waals surface area (Å²) >= 11 is 1.15. The average molecular weight is 367 g/mol. The summed E-state index contributed by atoms with van der Waals surface area (Å²) in [5.74, 6) is -1.07. The van der Waals surface area contributed by atoms with Gasteiger partial charge >= 0.3 is 6.18 Å². The molecule has 0 aliphatic carbocycles. The molecule has 2 aromatic rings. The van der Waals surface area contributed by atoms with E-state index in [0.29, 0.717) is 9.89 Å². The number of hydrogen-bond acceptors (Lipinski definition) is 5. The van der Waals surface area contributed by atoms with E-state index in [1.807, 2.05) is 0 Å².